The number of nitrogens with zero attached hydrogens (tertiary/aromatic N) is 1. The zero-order valence-electron chi connectivity index (χ0n) is 8.64. The smallest absolute Gasteiger partial charge is 0.0194 e. The highest BCUT2D eigenvalue weighted by Crippen LogP contribution is 2.19. The van der Waals surface area contributed by atoms with Gasteiger partial charge in [0.05, 0.1) is 0 Å². The topological polar surface area (TPSA) is 15.3 Å². The fraction of sp³-hybridized carbons (Fsp3) is 1.00. The lowest BCUT2D eigenvalue weighted by atomic mass is 9.92. The molecular formula is C10H22N2. The van der Waals surface area contributed by atoms with E-state index in [1.807, 2.05) is 0 Å². The van der Waals surface area contributed by atoms with E-state index in [4.69, 9.17) is 0 Å². The van der Waals surface area contributed by atoms with E-state index in [1.165, 1.54) is 32.2 Å². The molecule has 0 spiro atoms. The minimum Gasteiger partial charge on any atom is -0.310 e. The van der Waals surface area contributed by atoms with E-state index in [0.717, 1.165) is 6.04 Å². The van der Waals surface area contributed by atoms with Crippen LogP contribution in [-0.4, -0.2) is 37.6 Å². The molecule has 1 fully saturated rings. The molecule has 72 valence electrons. The molecule has 0 aromatic carbocycles. The lowest BCUT2D eigenvalue weighted by Crippen LogP contribution is -2.46. The SMILES string of the molecule is CCC(CN(C)C)NC1CCC1. The fourth-order valence-corrected chi connectivity index (χ4v) is 1.65. The van der Waals surface area contributed by atoms with E-state index in [2.05, 4.69) is 31.2 Å². The maximum absolute atomic E-state index is 3.69. The monoisotopic (exact) mass is 170 g/mol. The summed E-state index contributed by atoms with van der Waals surface area (Å²) >= 11 is 0. The summed E-state index contributed by atoms with van der Waals surface area (Å²) in [5, 5.41) is 3.69. The average molecular weight is 170 g/mol. The Labute approximate surface area is 76.3 Å². The van der Waals surface area contributed by atoms with Gasteiger partial charge < -0.3 is 10.2 Å². The highest BCUT2D eigenvalue weighted by atomic mass is 15.1. The van der Waals surface area contributed by atoms with Gasteiger partial charge in [-0.05, 0) is 33.4 Å². The minimum absolute atomic E-state index is 0.699. The Morgan fingerprint density at radius 3 is 2.42 bits per heavy atom. The third-order valence-corrected chi connectivity index (χ3v) is 2.65. The van der Waals surface area contributed by atoms with Gasteiger partial charge in [0.2, 0.25) is 0 Å². The average Bonchev–Trinajstić information content (AvgIpc) is 1.93. The van der Waals surface area contributed by atoms with Crippen LogP contribution in [0, 0.1) is 0 Å². The third kappa shape index (κ3) is 3.11. The van der Waals surface area contributed by atoms with E-state index in [-0.39, 0.29) is 0 Å². The van der Waals surface area contributed by atoms with Gasteiger partial charge in [0.1, 0.15) is 0 Å². The van der Waals surface area contributed by atoms with Crippen molar-refractivity contribution in [2.75, 3.05) is 20.6 Å². The molecule has 0 bridgehead atoms. The van der Waals surface area contributed by atoms with E-state index in [1.54, 1.807) is 0 Å². The van der Waals surface area contributed by atoms with E-state index in [0.29, 0.717) is 6.04 Å². The molecule has 1 rings (SSSR count). The van der Waals surface area contributed by atoms with Crippen LogP contribution in [0.4, 0.5) is 0 Å². The van der Waals surface area contributed by atoms with Crippen LogP contribution in [0.5, 0.6) is 0 Å². The van der Waals surface area contributed by atoms with Crippen molar-refractivity contribution in [1.29, 1.82) is 0 Å². The van der Waals surface area contributed by atoms with Crippen LogP contribution >= 0.6 is 0 Å². The molecule has 2 nitrogen and oxygen atoms in total. The first kappa shape index (κ1) is 10.0. The van der Waals surface area contributed by atoms with Crippen LogP contribution in [0.2, 0.25) is 0 Å². The molecule has 0 radical (unpaired) electrons. The minimum atomic E-state index is 0.699. The number of nitrogens with one attached hydrogen (secondary N) is 1. The van der Waals surface area contributed by atoms with Gasteiger partial charge in [-0.25, -0.2) is 0 Å². The Morgan fingerprint density at radius 2 is 2.08 bits per heavy atom. The predicted octanol–water partition coefficient (Wildman–Crippen LogP) is 1.47. The van der Waals surface area contributed by atoms with Crippen molar-refractivity contribution in [3.8, 4) is 0 Å². The van der Waals surface area contributed by atoms with Crippen molar-refractivity contribution in [2.24, 2.45) is 0 Å². The van der Waals surface area contributed by atoms with Crippen LogP contribution in [0.15, 0.2) is 0 Å². The molecule has 12 heavy (non-hydrogen) atoms. The summed E-state index contributed by atoms with van der Waals surface area (Å²) in [7, 11) is 4.29. The van der Waals surface area contributed by atoms with Crippen molar-refractivity contribution in [3.63, 3.8) is 0 Å². The summed E-state index contributed by atoms with van der Waals surface area (Å²) < 4.78 is 0. The van der Waals surface area contributed by atoms with Crippen LogP contribution in [0.25, 0.3) is 0 Å². The van der Waals surface area contributed by atoms with Gasteiger partial charge in [-0.3, -0.25) is 0 Å². The van der Waals surface area contributed by atoms with Crippen molar-refractivity contribution < 1.29 is 0 Å². The number of hydrogen-bond donors (Lipinski definition) is 1. The second-order valence-corrected chi connectivity index (χ2v) is 4.16. The quantitative estimate of drug-likeness (QED) is 0.672. The van der Waals surface area contributed by atoms with E-state index in [9.17, 15) is 0 Å². The summed E-state index contributed by atoms with van der Waals surface area (Å²) in [6.45, 7) is 3.44. The molecule has 0 aromatic heterocycles. The molecule has 1 aliphatic carbocycles. The van der Waals surface area contributed by atoms with Crippen molar-refractivity contribution >= 4 is 0 Å². The lowest BCUT2D eigenvalue weighted by molar-refractivity contribution is 0.259. The maximum Gasteiger partial charge on any atom is 0.0194 e. The van der Waals surface area contributed by atoms with E-state index >= 15 is 0 Å². The van der Waals surface area contributed by atoms with Crippen molar-refractivity contribution in [2.45, 2.75) is 44.7 Å². The number of hydrogen-bond acceptors (Lipinski definition) is 2. The fourth-order valence-electron chi connectivity index (χ4n) is 1.65. The lowest BCUT2D eigenvalue weighted by Gasteiger charge is -2.32. The number of rotatable bonds is 5. The first-order valence-corrected chi connectivity index (χ1v) is 5.13. The van der Waals surface area contributed by atoms with Crippen LogP contribution in [0.1, 0.15) is 32.6 Å². The zero-order valence-corrected chi connectivity index (χ0v) is 8.64. The molecule has 2 heteroatoms. The molecule has 0 aromatic rings. The molecule has 0 amide bonds. The Kier molecular flexibility index (Phi) is 4.02. The summed E-state index contributed by atoms with van der Waals surface area (Å²) in [4.78, 5) is 2.26. The Morgan fingerprint density at radius 1 is 1.42 bits per heavy atom. The Balaban J connectivity index is 2.15. The first-order valence-electron chi connectivity index (χ1n) is 5.13. The largest absolute Gasteiger partial charge is 0.310 e. The molecule has 1 saturated carbocycles. The number of likely N-dealkylation sites (N-methyl/N-ethyl adjacent to an activating group) is 1. The molecular weight excluding hydrogens is 148 g/mol. The Hall–Kier alpha value is -0.0800. The van der Waals surface area contributed by atoms with Crippen LogP contribution < -0.4 is 5.32 Å². The molecule has 0 aliphatic heterocycles. The second-order valence-electron chi connectivity index (χ2n) is 4.16. The van der Waals surface area contributed by atoms with Gasteiger partial charge in [-0.1, -0.05) is 13.3 Å². The second kappa shape index (κ2) is 4.83. The van der Waals surface area contributed by atoms with E-state index < -0.39 is 0 Å². The summed E-state index contributed by atoms with van der Waals surface area (Å²) in [5.41, 5.74) is 0. The standard InChI is InChI=1S/C10H22N2/c1-4-9(8-12(2)3)11-10-6-5-7-10/h9-11H,4-8H2,1-3H3. The highest BCUT2D eigenvalue weighted by molar-refractivity contribution is 4.81. The third-order valence-electron chi connectivity index (χ3n) is 2.65. The summed E-state index contributed by atoms with van der Waals surface area (Å²) in [6.07, 6.45) is 5.46. The molecule has 0 heterocycles. The van der Waals surface area contributed by atoms with Gasteiger partial charge in [0.25, 0.3) is 0 Å². The Bertz CT molecular complexity index is 119. The molecule has 1 aliphatic rings. The molecule has 0 saturated heterocycles. The van der Waals surface area contributed by atoms with Crippen LogP contribution in [0.3, 0.4) is 0 Å². The maximum atomic E-state index is 3.69. The summed E-state index contributed by atoms with van der Waals surface area (Å²) in [6, 6.07) is 1.53. The highest BCUT2D eigenvalue weighted by Gasteiger charge is 2.20. The van der Waals surface area contributed by atoms with Crippen molar-refractivity contribution in [1.82, 2.24) is 10.2 Å². The molecule has 1 atom stereocenters. The van der Waals surface area contributed by atoms with Crippen LogP contribution in [-0.2, 0) is 0 Å². The summed E-state index contributed by atoms with van der Waals surface area (Å²) in [5.74, 6) is 0. The first-order chi connectivity index (χ1) is 5.72. The van der Waals surface area contributed by atoms with Gasteiger partial charge in [-0.2, -0.15) is 0 Å². The molecule has 1 unspecified atom stereocenters. The van der Waals surface area contributed by atoms with Crippen molar-refractivity contribution in [3.05, 3.63) is 0 Å². The predicted molar refractivity (Wildman–Crippen MR) is 53.4 cm³/mol. The van der Waals surface area contributed by atoms with Gasteiger partial charge in [0, 0.05) is 18.6 Å². The van der Waals surface area contributed by atoms with Gasteiger partial charge >= 0.3 is 0 Å². The van der Waals surface area contributed by atoms with Gasteiger partial charge in [0.15, 0.2) is 0 Å². The van der Waals surface area contributed by atoms with Gasteiger partial charge in [-0.15, -0.1) is 0 Å². The molecule has 1 N–H and O–H groups in total. The zero-order chi connectivity index (χ0) is 8.97. The normalized spacial score (nSPS) is 21.0.